The molecule has 0 spiro atoms. The summed E-state index contributed by atoms with van der Waals surface area (Å²) in [6, 6.07) is 7.13. The Balaban J connectivity index is 1.42. The van der Waals surface area contributed by atoms with Crippen LogP contribution in [0.5, 0.6) is 0 Å². The number of carbonyl (C=O) groups excluding carboxylic acids is 2. The summed E-state index contributed by atoms with van der Waals surface area (Å²) in [7, 11) is 1.33. The molecule has 0 bridgehead atoms. The standard InChI is InChI=1S/C31H48ClN3O6/c1-21-16-27(41-20-21)28(36)26(17-22-8-4-3-5-9-22)34-30(37)35-14-7-11-24(19-35)29(23-10-6-12-25(32)18-23)40-15-13-33-31(38)39-2/h6,10,12,18,21-22,24,26-29,36H,3-5,7-9,11,13-17,19-20H2,1-2H3,(H,33,38)(H,34,37). The van der Waals surface area contributed by atoms with Crippen LogP contribution in [-0.2, 0) is 14.2 Å². The Hall–Kier alpha value is -2.07. The van der Waals surface area contributed by atoms with Crippen LogP contribution >= 0.6 is 11.6 Å². The SMILES string of the molecule is COC(=O)NCCOC(c1cccc(Cl)c1)C1CCCN(C(=O)NC(CC2CCCCC2)C(O)C2CC(C)CO2)C1. The number of likely N-dealkylation sites (tertiary alicyclic amines) is 1. The first kappa shape index (κ1) is 31.9. The molecule has 230 valence electrons. The van der Waals surface area contributed by atoms with Gasteiger partial charge in [-0.05, 0) is 55.2 Å². The minimum Gasteiger partial charge on any atom is -0.453 e. The molecular weight excluding hydrogens is 546 g/mol. The normalized spacial score (nSPS) is 25.8. The van der Waals surface area contributed by atoms with E-state index in [4.69, 9.17) is 21.1 Å². The van der Waals surface area contributed by atoms with E-state index in [1.165, 1.54) is 26.4 Å². The van der Waals surface area contributed by atoms with Gasteiger partial charge in [-0.3, -0.25) is 0 Å². The van der Waals surface area contributed by atoms with Gasteiger partial charge in [0.25, 0.3) is 0 Å². The molecule has 3 fully saturated rings. The Morgan fingerprint density at radius 2 is 2.00 bits per heavy atom. The topological polar surface area (TPSA) is 109 Å². The van der Waals surface area contributed by atoms with E-state index in [1.54, 1.807) is 0 Å². The molecule has 3 aliphatic rings. The third kappa shape index (κ3) is 9.46. The van der Waals surface area contributed by atoms with Gasteiger partial charge < -0.3 is 34.9 Å². The van der Waals surface area contributed by atoms with E-state index in [2.05, 4.69) is 22.3 Å². The maximum absolute atomic E-state index is 13.7. The Morgan fingerprint density at radius 1 is 1.20 bits per heavy atom. The quantitative estimate of drug-likeness (QED) is 0.300. The van der Waals surface area contributed by atoms with Gasteiger partial charge >= 0.3 is 12.1 Å². The summed E-state index contributed by atoms with van der Waals surface area (Å²) in [5.74, 6) is 0.970. The highest BCUT2D eigenvalue weighted by atomic mass is 35.5. The average molecular weight is 594 g/mol. The lowest BCUT2D eigenvalue weighted by molar-refractivity contribution is -0.0264. The Bertz CT molecular complexity index is 977. The maximum Gasteiger partial charge on any atom is 0.406 e. The molecular formula is C31H48ClN3O6. The fourth-order valence-corrected chi connectivity index (χ4v) is 6.87. The number of amides is 3. The summed E-state index contributed by atoms with van der Waals surface area (Å²) in [6.07, 6.45) is 7.56. The number of aliphatic hydroxyl groups is 1. The van der Waals surface area contributed by atoms with Crippen LogP contribution in [0.3, 0.4) is 0 Å². The highest BCUT2D eigenvalue weighted by molar-refractivity contribution is 6.30. The number of aliphatic hydroxyl groups excluding tert-OH is 1. The zero-order valence-electron chi connectivity index (χ0n) is 24.6. The molecule has 1 aromatic rings. The Kier molecular flexibility index (Phi) is 12.4. The van der Waals surface area contributed by atoms with Crippen molar-refractivity contribution in [1.29, 1.82) is 0 Å². The summed E-state index contributed by atoms with van der Waals surface area (Å²) < 4.78 is 16.9. The first-order valence-corrected chi connectivity index (χ1v) is 15.8. The number of hydrogen-bond donors (Lipinski definition) is 3. The molecule has 2 aliphatic heterocycles. The molecule has 1 saturated carbocycles. The van der Waals surface area contributed by atoms with Crippen molar-refractivity contribution < 1.29 is 28.9 Å². The number of nitrogens with zero attached hydrogens (tertiary/aromatic N) is 1. The monoisotopic (exact) mass is 593 g/mol. The molecule has 1 aliphatic carbocycles. The highest BCUT2D eigenvalue weighted by Crippen LogP contribution is 2.35. The molecule has 0 radical (unpaired) electrons. The largest absolute Gasteiger partial charge is 0.453 e. The van der Waals surface area contributed by atoms with E-state index in [-0.39, 0.29) is 30.2 Å². The van der Waals surface area contributed by atoms with Crippen molar-refractivity contribution in [1.82, 2.24) is 15.5 Å². The second kappa shape index (κ2) is 16.0. The zero-order valence-corrected chi connectivity index (χ0v) is 25.3. The molecule has 10 heteroatoms. The van der Waals surface area contributed by atoms with E-state index in [1.807, 2.05) is 29.2 Å². The van der Waals surface area contributed by atoms with Crippen molar-refractivity contribution >= 4 is 23.7 Å². The number of benzene rings is 1. The predicted molar refractivity (Wildman–Crippen MR) is 158 cm³/mol. The molecule has 1 aromatic carbocycles. The van der Waals surface area contributed by atoms with Crippen LogP contribution in [0.15, 0.2) is 24.3 Å². The van der Waals surface area contributed by atoms with Crippen LogP contribution in [-0.4, -0.2) is 80.3 Å². The minimum atomic E-state index is -0.726. The van der Waals surface area contributed by atoms with Gasteiger partial charge in [-0.15, -0.1) is 0 Å². The molecule has 41 heavy (non-hydrogen) atoms. The van der Waals surface area contributed by atoms with Crippen molar-refractivity contribution in [3.05, 3.63) is 34.9 Å². The number of methoxy groups -OCH3 is 1. The molecule has 6 unspecified atom stereocenters. The minimum absolute atomic E-state index is 0.0480. The summed E-state index contributed by atoms with van der Waals surface area (Å²) in [5.41, 5.74) is 0.945. The van der Waals surface area contributed by atoms with E-state index in [0.717, 1.165) is 44.1 Å². The number of ether oxygens (including phenoxy) is 3. The van der Waals surface area contributed by atoms with Gasteiger partial charge in [-0.2, -0.15) is 0 Å². The Morgan fingerprint density at radius 3 is 2.71 bits per heavy atom. The lowest BCUT2D eigenvalue weighted by atomic mass is 9.82. The first-order chi connectivity index (χ1) is 19.8. The number of alkyl carbamates (subject to hydrolysis) is 1. The summed E-state index contributed by atoms with van der Waals surface area (Å²) >= 11 is 6.32. The van der Waals surface area contributed by atoms with Crippen LogP contribution in [0.25, 0.3) is 0 Å². The third-order valence-corrected chi connectivity index (χ3v) is 9.08. The maximum atomic E-state index is 13.7. The molecule has 3 N–H and O–H groups in total. The first-order valence-electron chi connectivity index (χ1n) is 15.4. The lowest BCUT2D eigenvalue weighted by Gasteiger charge is -2.39. The van der Waals surface area contributed by atoms with Gasteiger partial charge in [0.15, 0.2) is 0 Å². The third-order valence-electron chi connectivity index (χ3n) is 8.85. The number of rotatable bonds is 11. The molecule has 2 saturated heterocycles. The zero-order chi connectivity index (χ0) is 29.2. The highest BCUT2D eigenvalue weighted by Gasteiger charge is 2.38. The molecule has 0 aromatic heterocycles. The fraction of sp³-hybridized carbons (Fsp3) is 0.742. The van der Waals surface area contributed by atoms with E-state index >= 15 is 0 Å². The number of carbonyl (C=O) groups is 2. The summed E-state index contributed by atoms with van der Waals surface area (Å²) in [4.78, 5) is 27.0. The number of piperidine rings is 1. The van der Waals surface area contributed by atoms with Crippen molar-refractivity contribution in [2.24, 2.45) is 17.8 Å². The second-order valence-corrected chi connectivity index (χ2v) is 12.5. The smallest absolute Gasteiger partial charge is 0.406 e. The van der Waals surface area contributed by atoms with Gasteiger partial charge in [0.2, 0.25) is 0 Å². The number of nitrogens with one attached hydrogen (secondary N) is 2. The number of halogens is 1. The predicted octanol–water partition coefficient (Wildman–Crippen LogP) is 5.30. The van der Waals surface area contributed by atoms with Crippen molar-refractivity contribution in [3.63, 3.8) is 0 Å². The van der Waals surface area contributed by atoms with Crippen LogP contribution in [0.2, 0.25) is 5.02 Å². The molecule has 4 rings (SSSR count). The number of urea groups is 1. The fourth-order valence-electron chi connectivity index (χ4n) is 6.67. The summed E-state index contributed by atoms with van der Waals surface area (Å²) in [5, 5.41) is 17.9. The van der Waals surface area contributed by atoms with E-state index in [9.17, 15) is 14.7 Å². The number of hydrogen-bond acceptors (Lipinski definition) is 6. The molecule has 6 atom stereocenters. The Labute approximate surface area is 249 Å². The van der Waals surface area contributed by atoms with Gasteiger partial charge in [-0.1, -0.05) is 62.8 Å². The van der Waals surface area contributed by atoms with Crippen LogP contribution in [0, 0.1) is 17.8 Å². The van der Waals surface area contributed by atoms with E-state index in [0.29, 0.717) is 49.7 Å². The summed E-state index contributed by atoms with van der Waals surface area (Å²) in [6.45, 7) is 4.57. The molecule has 2 heterocycles. The van der Waals surface area contributed by atoms with Gasteiger partial charge in [0.1, 0.15) is 6.10 Å². The van der Waals surface area contributed by atoms with Crippen molar-refractivity contribution in [2.45, 2.75) is 89.1 Å². The van der Waals surface area contributed by atoms with Crippen molar-refractivity contribution in [3.8, 4) is 0 Å². The van der Waals surface area contributed by atoms with Gasteiger partial charge in [0, 0.05) is 37.2 Å². The van der Waals surface area contributed by atoms with Crippen LogP contribution in [0.4, 0.5) is 9.59 Å². The molecule has 9 nitrogen and oxygen atoms in total. The van der Waals surface area contributed by atoms with Crippen molar-refractivity contribution in [2.75, 3.05) is 40.0 Å². The van der Waals surface area contributed by atoms with Crippen LogP contribution in [0.1, 0.15) is 76.4 Å². The lowest BCUT2D eigenvalue weighted by Crippen LogP contribution is -2.55. The molecule has 3 amide bonds. The van der Waals surface area contributed by atoms with E-state index < -0.39 is 12.2 Å². The average Bonchev–Trinajstić information content (AvgIpc) is 3.43. The van der Waals surface area contributed by atoms with Gasteiger partial charge in [-0.25, -0.2) is 9.59 Å². The second-order valence-electron chi connectivity index (χ2n) is 12.1. The van der Waals surface area contributed by atoms with Crippen LogP contribution < -0.4 is 10.6 Å². The van der Waals surface area contributed by atoms with Gasteiger partial charge in [0.05, 0.1) is 32.0 Å².